The SMILES string of the molecule is CCCCCCCOc1ccc(OCCN2CCCCC2)cc1.Cl. The van der Waals surface area contributed by atoms with Crippen LogP contribution < -0.4 is 9.47 Å². The molecule has 0 aromatic heterocycles. The highest BCUT2D eigenvalue weighted by molar-refractivity contribution is 5.85. The maximum absolute atomic E-state index is 5.84. The van der Waals surface area contributed by atoms with Crippen molar-refractivity contribution in [2.24, 2.45) is 0 Å². The van der Waals surface area contributed by atoms with Crippen LogP contribution >= 0.6 is 12.4 Å². The fourth-order valence-corrected chi connectivity index (χ4v) is 3.00. The van der Waals surface area contributed by atoms with Crippen LogP contribution in [0.5, 0.6) is 11.5 Å². The highest BCUT2D eigenvalue weighted by Gasteiger charge is 2.09. The molecule has 4 heteroatoms. The summed E-state index contributed by atoms with van der Waals surface area (Å²) in [5.41, 5.74) is 0. The zero-order valence-corrected chi connectivity index (χ0v) is 16.0. The van der Waals surface area contributed by atoms with Crippen LogP contribution in [0.3, 0.4) is 0 Å². The van der Waals surface area contributed by atoms with Crippen molar-refractivity contribution in [3.8, 4) is 11.5 Å². The average molecular weight is 356 g/mol. The topological polar surface area (TPSA) is 21.7 Å². The molecule has 0 atom stereocenters. The van der Waals surface area contributed by atoms with Gasteiger partial charge in [-0.3, -0.25) is 4.90 Å². The molecular formula is C20H34ClNO2. The standard InChI is InChI=1S/C20H33NO2.ClH/c1-2-3-4-5-9-17-22-19-10-12-20(13-11-19)23-18-16-21-14-7-6-8-15-21;/h10-13H,2-9,14-18H2,1H3;1H. The lowest BCUT2D eigenvalue weighted by atomic mass is 10.1. The Kier molecular flexibility index (Phi) is 11.8. The van der Waals surface area contributed by atoms with E-state index in [-0.39, 0.29) is 12.4 Å². The number of unbranched alkanes of at least 4 members (excludes halogenated alkanes) is 4. The van der Waals surface area contributed by atoms with Gasteiger partial charge in [0, 0.05) is 6.54 Å². The smallest absolute Gasteiger partial charge is 0.119 e. The summed E-state index contributed by atoms with van der Waals surface area (Å²) < 4.78 is 11.6. The summed E-state index contributed by atoms with van der Waals surface area (Å²) in [4.78, 5) is 2.50. The summed E-state index contributed by atoms with van der Waals surface area (Å²) in [7, 11) is 0. The third-order valence-electron chi connectivity index (χ3n) is 4.47. The number of nitrogens with zero attached hydrogens (tertiary/aromatic N) is 1. The lowest BCUT2D eigenvalue weighted by molar-refractivity contribution is 0.183. The molecule has 138 valence electrons. The van der Waals surface area contributed by atoms with E-state index in [9.17, 15) is 0 Å². The summed E-state index contributed by atoms with van der Waals surface area (Å²) in [5.74, 6) is 1.89. The second-order valence-electron chi connectivity index (χ2n) is 6.48. The maximum Gasteiger partial charge on any atom is 0.119 e. The molecule has 1 fully saturated rings. The Morgan fingerprint density at radius 2 is 1.38 bits per heavy atom. The number of rotatable bonds is 11. The van der Waals surface area contributed by atoms with Crippen molar-refractivity contribution in [3.05, 3.63) is 24.3 Å². The van der Waals surface area contributed by atoms with Gasteiger partial charge in [0.05, 0.1) is 6.61 Å². The minimum absolute atomic E-state index is 0. The van der Waals surface area contributed by atoms with Gasteiger partial charge in [-0.1, -0.05) is 39.0 Å². The van der Waals surface area contributed by atoms with Gasteiger partial charge in [0.25, 0.3) is 0 Å². The molecular weight excluding hydrogens is 322 g/mol. The zero-order valence-electron chi connectivity index (χ0n) is 15.2. The van der Waals surface area contributed by atoms with Gasteiger partial charge in [-0.15, -0.1) is 12.4 Å². The molecule has 1 aliphatic heterocycles. The summed E-state index contributed by atoms with van der Waals surface area (Å²) in [6.45, 7) is 7.34. The Morgan fingerprint density at radius 1 is 0.792 bits per heavy atom. The minimum Gasteiger partial charge on any atom is -0.494 e. The molecule has 0 bridgehead atoms. The zero-order chi connectivity index (χ0) is 16.2. The molecule has 1 heterocycles. The lowest BCUT2D eigenvalue weighted by Gasteiger charge is -2.26. The minimum atomic E-state index is 0. The number of benzene rings is 1. The molecule has 24 heavy (non-hydrogen) atoms. The summed E-state index contributed by atoms with van der Waals surface area (Å²) in [6, 6.07) is 8.07. The predicted molar refractivity (Wildman–Crippen MR) is 104 cm³/mol. The van der Waals surface area contributed by atoms with E-state index >= 15 is 0 Å². The molecule has 0 radical (unpaired) electrons. The van der Waals surface area contributed by atoms with Crippen molar-refractivity contribution in [1.29, 1.82) is 0 Å². The Labute approximate surface area is 154 Å². The van der Waals surface area contributed by atoms with E-state index < -0.39 is 0 Å². The van der Waals surface area contributed by atoms with Crippen molar-refractivity contribution in [2.75, 3.05) is 32.8 Å². The molecule has 1 aromatic carbocycles. The second-order valence-corrected chi connectivity index (χ2v) is 6.48. The number of piperidine rings is 1. The van der Waals surface area contributed by atoms with E-state index in [0.29, 0.717) is 0 Å². The predicted octanol–water partition coefficient (Wildman–Crippen LogP) is 5.32. The van der Waals surface area contributed by atoms with Crippen molar-refractivity contribution < 1.29 is 9.47 Å². The first-order valence-electron chi connectivity index (χ1n) is 9.46. The molecule has 0 saturated carbocycles. The molecule has 1 aliphatic rings. The van der Waals surface area contributed by atoms with Crippen LogP contribution in [0.4, 0.5) is 0 Å². The molecule has 0 spiro atoms. The van der Waals surface area contributed by atoms with Crippen LogP contribution in [-0.2, 0) is 0 Å². The van der Waals surface area contributed by atoms with Gasteiger partial charge in [0.15, 0.2) is 0 Å². The number of hydrogen-bond donors (Lipinski definition) is 0. The number of halogens is 1. The van der Waals surface area contributed by atoms with Gasteiger partial charge in [-0.05, 0) is 56.6 Å². The molecule has 1 saturated heterocycles. The average Bonchev–Trinajstić information content (AvgIpc) is 2.60. The van der Waals surface area contributed by atoms with Crippen molar-refractivity contribution in [3.63, 3.8) is 0 Å². The Morgan fingerprint density at radius 3 is 2.00 bits per heavy atom. The second kappa shape index (κ2) is 13.4. The quantitative estimate of drug-likeness (QED) is 0.501. The van der Waals surface area contributed by atoms with Crippen LogP contribution in [0.25, 0.3) is 0 Å². The largest absolute Gasteiger partial charge is 0.494 e. The van der Waals surface area contributed by atoms with E-state index in [2.05, 4.69) is 11.8 Å². The molecule has 0 unspecified atom stereocenters. The highest BCUT2D eigenvalue weighted by Crippen LogP contribution is 2.18. The molecule has 0 aliphatic carbocycles. The Bertz CT molecular complexity index is 405. The van der Waals surface area contributed by atoms with E-state index in [4.69, 9.17) is 9.47 Å². The summed E-state index contributed by atoms with van der Waals surface area (Å²) >= 11 is 0. The Hall–Kier alpha value is -0.930. The fraction of sp³-hybridized carbons (Fsp3) is 0.700. The fourth-order valence-electron chi connectivity index (χ4n) is 3.00. The molecule has 2 rings (SSSR count). The lowest BCUT2D eigenvalue weighted by Crippen LogP contribution is -2.33. The van der Waals surface area contributed by atoms with Crippen LogP contribution in [0, 0.1) is 0 Å². The van der Waals surface area contributed by atoms with Crippen LogP contribution in [0.2, 0.25) is 0 Å². The first kappa shape index (κ1) is 21.1. The number of likely N-dealkylation sites (tertiary alicyclic amines) is 1. The van der Waals surface area contributed by atoms with Gasteiger partial charge in [0.2, 0.25) is 0 Å². The number of ether oxygens (including phenoxy) is 2. The van der Waals surface area contributed by atoms with Gasteiger partial charge in [0.1, 0.15) is 18.1 Å². The van der Waals surface area contributed by atoms with Gasteiger partial charge < -0.3 is 9.47 Å². The molecule has 1 aromatic rings. The van der Waals surface area contributed by atoms with Crippen LogP contribution in [-0.4, -0.2) is 37.7 Å². The molecule has 3 nitrogen and oxygen atoms in total. The summed E-state index contributed by atoms with van der Waals surface area (Å²) in [5, 5.41) is 0. The normalized spacial score (nSPS) is 14.9. The van der Waals surface area contributed by atoms with Gasteiger partial charge in [-0.25, -0.2) is 0 Å². The molecule has 0 N–H and O–H groups in total. The maximum atomic E-state index is 5.84. The van der Waals surface area contributed by atoms with E-state index in [0.717, 1.165) is 37.7 Å². The summed E-state index contributed by atoms with van der Waals surface area (Å²) in [6.07, 6.45) is 10.4. The monoisotopic (exact) mass is 355 g/mol. The van der Waals surface area contributed by atoms with Crippen LogP contribution in [0.1, 0.15) is 58.3 Å². The van der Waals surface area contributed by atoms with Gasteiger partial charge in [-0.2, -0.15) is 0 Å². The van der Waals surface area contributed by atoms with E-state index in [1.807, 2.05) is 24.3 Å². The number of hydrogen-bond acceptors (Lipinski definition) is 3. The molecule has 0 amide bonds. The van der Waals surface area contributed by atoms with Crippen molar-refractivity contribution >= 4 is 12.4 Å². The first-order chi connectivity index (χ1) is 11.4. The third kappa shape index (κ3) is 8.79. The highest BCUT2D eigenvalue weighted by atomic mass is 35.5. The van der Waals surface area contributed by atoms with Crippen LogP contribution in [0.15, 0.2) is 24.3 Å². The third-order valence-corrected chi connectivity index (χ3v) is 4.47. The van der Waals surface area contributed by atoms with E-state index in [1.165, 1.54) is 58.0 Å². The van der Waals surface area contributed by atoms with Crippen molar-refractivity contribution in [2.45, 2.75) is 58.3 Å². The first-order valence-corrected chi connectivity index (χ1v) is 9.46. The van der Waals surface area contributed by atoms with Crippen molar-refractivity contribution in [1.82, 2.24) is 4.90 Å². The van der Waals surface area contributed by atoms with E-state index in [1.54, 1.807) is 0 Å². The van der Waals surface area contributed by atoms with Gasteiger partial charge >= 0.3 is 0 Å². The Balaban J connectivity index is 0.00000288.